The van der Waals surface area contributed by atoms with Gasteiger partial charge in [-0.3, -0.25) is 15.0 Å². The van der Waals surface area contributed by atoms with Crippen LogP contribution in [0.2, 0.25) is 0 Å². The smallest absolute Gasteiger partial charge is 0.413 e. The van der Waals surface area contributed by atoms with Gasteiger partial charge in [0.1, 0.15) is 5.82 Å². The molecule has 1 aliphatic heterocycles. The second kappa shape index (κ2) is 8.46. The van der Waals surface area contributed by atoms with Crippen molar-refractivity contribution in [1.29, 1.82) is 0 Å². The van der Waals surface area contributed by atoms with Gasteiger partial charge in [-0.2, -0.15) is 4.98 Å². The summed E-state index contributed by atoms with van der Waals surface area (Å²) >= 11 is 0. The summed E-state index contributed by atoms with van der Waals surface area (Å²) in [4.78, 5) is 37.0. The van der Waals surface area contributed by atoms with E-state index < -0.39 is 11.0 Å². The molecule has 1 aliphatic rings. The van der Waals surface area contributed by atoms with E-state index in [1.807, 2.05) is 44.7 Å². The van der Waals surface area contributed by atoms with Crippen LogP contribution < -0.4 is 9.80 Å². The minimum absolute atomic E-state index is 0.0472. The number of non-ortho nitro benzene ring substituents is 1. The van der Waals surface area contributed by atoms with E-state index in [4.69, 9.17) is 0 Å². The second-order valence-corrected chi connectivity index (χ2v) is 8.87. The molecule has 10 nitrogen and oxygen atoms in total. The molecule has 0 saturated heterocycles. The third-order valence-electron chi connectivity index (χ3n) is 5.23. The van der Waals surface area contributed by atoms with Gasteiger partial charge in [0.15, 0.2) is 0 Å². The molecule has 10 heteroatoms. The number of nitro groups is 1. The van der Waals surface area contributed by atoms with E-state index in [-0.39, 0.29) is 17.6 Å². The first-order valence-electron chi connectivity index (χ1n) is 10.1. The van der Waals surface area contributed by atoms with Crippen molar-refractivity contribution < 1.29 is 14.8 Å². The molecule has 0 atom stereocenters. The van der Waals surface area contributed by atoms with Crippen LogP contribution in [0.5, 0.6) is 0 Å². The third-order valence-corrected chi connectivity index (χ3v) is 5.23. The lowest BCUT2D eigenvalue weighted by atomic mass is 9.88. The number of benzene rings is 1. The fourth-order valence-corrected chi connectivity index (χ4v) is 3.53. The average Bonchev–Trinajstić information content (AvgIpc) is 3.09. The van der Waals surface area contributed by atoms with Gasteiger partial charge in [-0.05, 0) is 37.6 Å². The van der Waals surface area contributed by atoms with Gasteiger partial charge >= 0.3 is 6.09 Å². The number of fused-ring (bicyclic) bond motifs is 1. The Labute approximate surface area is 181 Å². The lowest BCUT2D eigenvalue weighted by Crippen LogP contribution is -2.38. The summed E-state index contributed by atoms with van der Waals surface area (Å²) in [6.07, 6.45) is 1.24. The minimum atomic E-state index is -1.07. The highest BCUT2D eigenvalue weighted by atomic mass is 16.6. The maximum Gasteiger partial charge on any atom is 0.413 e. The van der Waals surface area contributed by atoms with Crippen molar-refractivity contribution in [1.82, 2.24) is 14.9 Å². The SMILES string of the molecule is CN(C)CCN(C(=O)O)c1nc(N2CCc3cc([N+](=O)[O-])ccc32)ncc1C(C)(C)C. The van der Waals surface area contributed by atoms with Crippen LogP contribution in [0.15, 0.2) is 24.4 Å². The highest BCUT2D eigenvalue weighted by molar-refractivity contribution is 5.86. The molecule has 3 rings (SSSR count). The zero-order valence-corrected chi connectivity index (χ0v) is 18.5. The second-order valence-electron chi connectivity index (χ2n) is 8.87. The van der Waals surface area contributed by atoms with Crippen LogP contribution in [0.25, 0.3) is 0 Å². The van der Waals surface area contributed by atoms with E-state index in [2.05, 4.69) is 9.97 Å². The van der Waals surface area contributed by atoms with E-state index >= 15 is 0 Å². The lowest BCUT2D eigenvalue weighted by Gasteiger charge is -2.29. The Morgan fingerprint density at radius 3 is 2.58 bits per heavy atom. The Bertz CT molecular complexity index is 1000. The average molecular weight is 428 g/mol. The van der Waals surface area contributed by atoms with Crippen molar-refractivity contribution in [2.24, 2.45) is 0 Å². The molecule has 0 aliphatic carbocycles. The Kier molecular flexibility index (Phi) is 6.12. The van der Waals surface area contributed by atoms with Gasteiger partial charge in [0.05, 0.1) is 4.92 Å². The number of hydrogen-bond acceptors (Lipinski definition) is 7. The molecule has 1 aromatic carbocycles. The largest absolute Gasteiger partial charge is 0.465 e. The van der Waals surface area contributed by atoms with Gasteiger partial charge in [0.25, 0.3) is 5.69 Å². The molecule has 0 radical (unpaired) electrons. The minimum Gasteiger partial charge on any atom is -0.465 e. The van der Waals surface area contributed by atoms with Crippen molar-refractivity contribution >= 4 is 29.2 Å². The Balaban J connectivity index is 2.05. The molecule has 31 heavy (non-hydrogen) atoms. The van der Waals surface area contributed by atoms with Crippen molar-refractivity contribution in [3.05, 3.63) is 45.6 Å². The molecular weight excluding hydrogens is 400 g/mol. The lowest BCUT2D eigenvalue weighted by molar-refractivity contribution is -0.384. The standard InChI is InChI=1S/C21H28N6O4/c1-21(2,3)16-13-22-19(23-18(16)26(20(28)29)11-10-24(4)5)25-9-8-14-12-15(27(30)31)6-7-17(14)25/h6-7,12-13H,8-11H2,1-5H3,(H,28,29). The zero-order chi connectivity index (χ0) is 22.9. The first kappa shape index (κ1) is 22.4. The van der Waals surface area contributed by atoms with E-state index in [1.54, 1.807) is 18.3 Å². The van der Waals surface area contributed by atoms with Crippen molar-refractivity contribution in [2.75, 3.05) is 43.5 Å². The fraction of sp³-hybridized carbons (Fsp3) is 0.476. The number of carboxylic acid groups (broad SMARTS) is 1. The van der Waals surface area contributed by atoms with Crippen LogP contribution in [-0.2, 0) is 11.8 Å². The molecule has 0 unspecified atom stereocenters. The van der Waals surface area contributed by atoms with Crippen molar-refractivity contribution in [3.8, 4) is 0 Å². The number of rotatable bonds is 6. The normalized spacial score (nSPS) is 13.4. The number of anilines is 3. The summed E-state index contributed by atoms with van der Waals surface area (Å²) in [7, 11) is 3.77. The predicted octanol–water partition coefficient (Wildman–Crippen LogP) is 3.42. The van der Waals surface area contributed by atoms with Crippen LogP contribution in [0.3, 0.4) is 0 Å². The Morgan fingerprint density at radius 2 is 2.00 bits per heavy atom. The molecule has 2 aromatic rings. The van der Waals surface area contributed by atoms with Crippen molar-refractivity contribution in [2.45, 2.75) is 32.6 Å². The van der Waals surface area contributed by atoms with E-state index in [0.29, 0.717) is 31.3 Å². The molecule has 0 bridgehead atoms. The zero-order valence-electron chi connectivity index (χ0n) is 18.5. The van der Waals surface area contributed by atoms with E-state index in [0.717, 1.165) is 16.8 Å². The number of carbonyl (C=O) groups is 1. The van der Waals surface area contributed by atoms with Crippen LogP contribution in [0.1, 0.15) is 31.9 Å². The number of likely N-dealkylation sites (N-methyl/N-ethyl adjacent to an activating group) is 1. The highest BCUT2D eigenvalue weighted by Gasteiger charge is 2.30. The van der Waals surface area contributed by atoms with Crippen molar-refractivity contribution in [3.63, 3.8) is 0 Å². The number of nitrogens with zero attached hydrogens (tertiary/aromatic N) is 6. The summed E-state index contributed by atoms with van der Waals surface area (Å²) < 4.78 is 0. The van der Waals surface area contributed by atoms with Crippen LogP contribution >= 0.6 is 0 Å². The molecule has 0 spiro atoms. The molecule has 1 aromatic heterocycles. The summed E-state index contributed by atoms with van der Waals surface area (Å²) in [6.45, 7) is 7.35. The van der Waals surface area contributed by atoms with Crippen LogP contribution in [-0.4, -0.2) is 64.7 Å². The van der Waals surface area contributed by atoms with E-state index in [1.165, 1.54) is 11.0 Å². The number of amides is 1. The summed E-state index contributed by atoms with van der Waals surface area (Å²) in [5.74, 6) is 0.744. The topological polar surface area (TPSA) is 116 Å². The summed E-state index contributed by atoms with van der Waals surface area (Å²) in [5.41, 5.74) is 2.08. The first-order valence-corrected chi connectivity index (χ1v) is 10.1. The predicted molar refractivity (Wildman–Crippen MR) is 118 cm³/mol. The third kappa shape index (κ3) is 4.74. The summed E-state index contributed by atoms with van der Waals surface area (Å²) in [5, 5.41) is 21.0. The van der Waals surface area contributed by atoms with Gasteiger partial charge in [-0.25, -0.2) is 9.78 Å². The molecule has 166 valence electrons. The van der Waals surface area contributed by atoms with Gasteiger partial charge in [-0.15, -0.1) is 0 Å². The first-order chi connectivity index (χ1) is 14.5. The van der Waals surface area contributed by atoms with Gasteiger partial charge in [-0.1, -0.05) is 20.8 Å². The maximum atomic E-state index is 12.1. The molecule has 0 saturated carbocycles. The molecule has 0 fully saturated rings. The molecular formula is C21H28N6O4. The summed E-state index contributed by atoms with van der Waals surface area (Å²) in [6, 6.07) is 4.73. The quantitative estimate of drug-likeness (QED) is 0.550. The number of hydrogen-bond donors (Lipinski definition) is 1. The van der Waals surface area contributed by atoms with Crippen LogP contribution in [0.4, 0.5) is 27.9 Å². The Morgan fingerprint density at radius 1 is 1.29 bits per heavy atom. The molecule has 1 N–H and O–H groups in total. The Hall–Kier alpha value is -3.27. The van der Waals surface area contributed by atoms with Gasteiger partial charge < -0.3 is 14.9 Å². The highest BCUT2D eigenvalue weighted by Crippen LogP contribution is 2.37. The number of aromatic nitrogens is 2. The monoisotopic (exact) mass is 428 g/mol. The maximum absolute atomic E-state index is 12.1. The number of nitro benzene ring substituents is 1. The van der Waals surface area contributed by atoms with Gasteiger partial charge in [0, 0.05) is 49.2 Å². The fourth-order valence-electron chi connectivity index (χ4n) is 3.53. The molecule has 1 amide bonds. The van der Waals surface area contributed by atoms with Crippen LogP contribution in [0, 0.1) is 10.1 Å². The van der Waals surface area contributed by atoms with Gasteiger partial charge in [0.2, 0.25) is 5.95 Å². The molecule has 2 heterocycles. The van der Waals surface area contributed by atoms with E-state index in [9.17, 15) is 20.0 Å².